The van der Waals surface area contributed by atoms with Crippen LogP contribution in [0.3, 0.4) is 0 Å². The number of carbonyl (C=O) groups excluding carboxylic acids is 1. The molecule has 136 valence electrons. The number of aromatic nitrogens is 2. The Kier molecular flexibility index (Phi) is 6.36. The van der Waals surface area contributed by atoms with Crippen LogP contribution in [0.5, 0.6) is 0 Å². The van der Waals surface area contributed by atoms with Crippen molar-refractivity contribution in [2.45, 2.75) is 23.4 Å². The van der Waals surface area contributed by atoms with Gasteiger partial charge in [-0.25, -0.2) is 12.8 Å². The predicted molar refractivity (Wildman–Crippen MR) is 98.1 cm³/mol. The van der Waals surface area contributed by atoms with Gasteiger partial charge in [0, 0.05) is 5.25 Å². The summed E-state index contributed by atoms with van der Waals surface area (Å²) in [7, 11) is -3.72. The molecule has 0 unspecified atom stereocenters. The van der Waals surface area contributed by atoms with E-state index in [-0.39, 0.29) is 5.69 Å². The Morgan fingerprint density at radius 3 is 2.52 bits per heavy atom. The highest BCUT2D eigenvalue weighted by Crippen LogP contribution is 2.28. The third kappa shape index (κ3) is 5.94. The summed E-state index contributed by atoms with van der Waals surface area (Å²) in [4.78, 5) is 12.2. The van der Waals surface area contributed by atoms with E-state index in [4.69, 9.17) is 0 Å². The van der Waals surface area contributed by atoms with Gasteiger partial charge in [0.25, 0.3) is 0 Å². The summed E-state index contributed by atoms with van der Waals surface area (Å²) in [5.74, 6) is -1.06. The highest BCUT2D eigenvalue weighted by atomic mass is 32.2. The monoisotopic (exact) mass is 404 g/mol. The number of sulfonamides is 1. The lowest BCUT2D eigenvalue weighted by atomic mass is 10.3. The summed E-state index contributed by atoms with van der Waals surface area (Å²) in [6, 6.07) is 4.86. The van der Waals surface area contributed by atoms with Gasteiger partial charge in [-0.2, -0.15) is 0 Å². The second-order valence-corrected chi connectivity index (χ2v) is 10.0. The summed E-state index contributed by atoms with van der Waals surface area (Å²) < 4.78 is 38.5. The molecule has 0 saturated heterocycles. The fraction of sp³-hybridized carbons (Fsp3) is 0.357. The molecule has 0 bridgehead atoms. The Morgan fingerprint density at radius 1 is 1.32 bits per heavy atom. The Morgan fingerprint density at radius 2 is 1.96 bits per heavy atom. The van der Waals surface area contributed by atoms with Crippen LogP contribution in [-0.4, -0.2) is 42.6 Å². The predicted octanol–water partition coefficient (Wildman–Crippen LogP) is 2.58. The second-order valence-electron chi connectivity index (χ2n) is 5.33. The zero-order chi connectivity index (χ0) is 18.6. The molecule has 1 heterocycles. The standard InChI is InChI=1S/C14H17FN4O3S3/c1-9(2)23-14-18-17-13(24-14)16-12(20)8-19(25(3,21)22)11-6-4-10(15)5-7-11/h4-7,9H,8H2,1-3H3,(H,16,17,20). The van der Waals surface area contributed by atoms with E-state index in [0.717, 1.165) is 22.7 Å². The molecule has 1 aromatic carbocycles. The van der Waals surface area contributed by atoms with Crippen molar-refractivity contribution in [1.82, 2.24) is 10.2 Å². The van der Waals surface area contributed by atoms with Crippen LogP contribution in [0.1, 0.15) is 13.8 Å². The van der Waals surface area contributed by atoms with Crippen molar-refractivity contribution in [2.75, 3.05) is 22.4 Å². The lowest BCUT2D eigenvalue weighted by Crippen LogP contribution is -2.37. The van der Waals surface area contributed by atoms with E-state index < -0.39 is 28.3 Å². The molecule has 1 N–H and O–H groups in total. The number of thioether (sulfide) groups is 1. The molecule has 0 atom stereocenters. The van der Waals surface area contributed by atoms with E-state index in [2.05, 4.69) is 15.5 Å². The minimum atomic E-state index is -3.72. The van der Waals surface area contributed by atoms with Gasteiger partial charge in [-0.05, 0) is 24.3 Å². The van der Waals surface area contributed by atoms with Crippen LogP contribution in [0.4, 0.5) is 15.2 Å². The first-order valence-corrected chi connectivity index (χ1v) is 10.7. The SMILES string of the molecule is CC(C)Sc1nnc(NC(=O)CN(c2ccc(F)cc2)S(C)(=O)=O)s1. The largest absolute Gasteiger partial charge is 0.299 e. The number of hydrogen-bond donors (Lipinski definition) is 1. The van der Waals surface area contributed by atoms with Crippen LogP contribution in [0.25, 0.3) is 0 Å². The molecule has 0 aliphatic heterocycles. The quantitative estimate of drug-likeness (QED) is 0.563. The number of hydrogen-bond acceptors (Lipinski definition) is 7. The molecule has 2 rings (SSSR count). The van der Waals surface area contributed by atoms with E-state index in [0.29, 0.717) is 14.7 Å². The summed E-state index contributed by atoms with van der Waals surface area (Å²) >= 11 is 2.73. The van der Waals surface area contributed by atoms with Gasteiger partial charge >= 0.3 is 0 Å². The number of halogens is 1. The van der Waals surface area contributed by atoms with Gasteiger partial charge in [0.05, 0.1) is 11.9 Å². The first kappa shape index (κ1) is 19.6. The Bertz CT molecular complexity index is 837. The van der Waals surface area contributed by atoms with E-state index in [1.54, 1.807) is 0 Å². The van der Waals surface area contributed by atoms with Crippen LogP contribution in [0.15, 0.2) is 28.6 Å². The fourth-order valence-electron chi connectivity index (χ4n) is 1.81. The van der Waals surface area contributed by atoms with Crippen molar-refractivity contribution in [1.29, 1.82) is 0 Å². The lowest BCUT2D eigenvalue weighted by Gasteiger charge is -2.21. The Labute approximate surface area is 153 Å². The number of rotatable bonds is 7. The minimum Gasteiger partial charge on any atom is -0.299 e. The number of nitrogens with zero attached hydrogens (tertiary/aromatic N) is 3. The van der Waals surface area contributed by atoms with E-state index >= 15 is 0 Å². The van der Waals surface area contributed by atoms with E-state index in [1.807, 2.05) is 13.8 Å². The topological polar surface area (TPSA) is 92.3 Å². The summed E-state index contributed by atoms with van der Waals surface area (Å²) in [5.41, 5.74) is 0.201. The van der Waals surface area contributed by atoms with Gasteiger partial charge in [0.1, 0.15) is 12.4 Å². The third-order valence-corrected chi connectivity index (χ3v) is 5.86. The normalized spacial score (nSPS) is 11.6. The number of benzene rings is 1. The smallest absolute Gasteiger partial charge is 0.246 e. The molecule has 25 heavy (non-hydrogen) atoms. The molecule has 0 aliphatic carbocycles. The van der Waals surface area contributed by atoms with Crippen LogP contribution < -0.4 is 9.62 Å². The summed E-state index contributed by atoms with van der Waals surface area (Å²) in [6.07, 6.45) is 0.978. The summed E-state index contributed by atoms with van der Waals surface area (Å²) in [6.45, 7) is 3.57. The van der Waals surface area contributed by atoms with E-state index in [9.17, 15) is 17.6 Å². The van der Waals surface area contributed by atoms with Gasteiger partial charge in [0.15, 0.2) is 4.34 Å². The number of nitrogens with one attached hydrogen (secondary N) is 1. The lowest BCUT2D eigenvalue weighted by molar-refractivity contribution is -0.114. The van der Waals surface area contributed by atoms with Crippen molar-refractivity contribution in [3.63, 3.8) is 0 Å². The molecule has 1 aromatic heterocycles. The van der Waals surface area contributed by atoms with Gasteiger partial charge in [-0.15, -0.1) is 10.2 Å². The van der Waals surface area contributed by atoms with Crippen LogP contribution >= 0.6 is 23.1 Å². The molecule has 7 nitrogen and oxygen atoms in total. The number of amides is 1. The number of carbonyl (C=O) groups is 1. The zero-order valence-electron chi connectivity index (χ0n) is 13.8. The molecule has 11 heteroatoms. The van der Waals surface area contributed by atoms with Crippen LogP contribution in [-0.2, 0) is 14.8 Å². The molecule has 0 spiro atoms. The highest BCUT2D eigenvalue weighted by molar-refractivity contribution is 8.01. The third-order valence-electron chi connectivity index (χ3n) is 2.79. The Hall–Kier alpha value is -1.72. The van der Waals surface area contributed by atoms with Crippen molar-refractivity contribution >= 4 is 49.8 Å². The van der Waals surface area contributed by atoms with Gasteiger partial charge in [0.2, 0.25) is 21.1 Å². The molecule has 0 radical (unpaired) electrons. The maximum atomic E-state index is 13.0. The molecular formula is C14H17FN4O3S3. The molecule has 0 aliphatic rings. The van der Waals surface area contributed by atoms with Crippen LogP contribution in [0, 0.1) is 5.82 Å². The average molecular weight is 405 g/mol. The number of anilines is 2. The van der Waals surface area contributed by atoms with E-state index in [1.165, 1.54) is 35.2 Å². The Balaban J connectivity index is 2.09. The molecule has 2 aromatic rings. The van der Waals surface area contributed by atoms with Gasteiger partial charge in [-0.3, -0.25) is 14.4 Å². The highest BCUT2D eigenvalue weighted by Gasteiger charge is 2.21. The first-order chi connectivity index (χ1) is 11.6. The molecular weight excluding hydrogens is 387 g/mol. The maximum Gasteiger partial charge on any atom is 0.246 e. The summed E-state index contributed by atoms with van der Waals surface area (Å²) in [5, 5.41) is 11.0. The van der Waals surface area contributed by atoms with Crippen LogP contribution in [0.2, 0.25) is 0 Å². The minimum absolute atomic E-state index is 0.201. The van der Waals surface area contributed by atoms with Gasteiger partial charge < -0.3 is 0 Å². The van der Waals surface area contributed by atoms with Crippen molar-refractivity contribution in [2.24, 2.45) is 0 Å². The van der Waals surface area contributed by atoms with Crippen molar-refractivity contribution < 1.29 is 17.6 Å². The van der Waals surface area contributed by atoms with Gasteiger partial charge in [-0.1, -0.05) is 36.9 Å². The molecule has 0 saturated carbocycles. The van der Waals surface area contributed by atoms with Crippen molar-refractivity contribution in [3.8, 4) is 0 Å². The maximum absolute atomic E-state index is 13.0. The first-order valence-electron chi connectivity index (χ1n) is 7.18. The fourth-order valence-corrected chi connectivity index (χ4v) is 4.65. The molecule has 1 amide bonds. The molecule has 0 fully saturated rings. The van der Waals surface area contributed by atoms with Crippen molar-refractivity contribution in [3.05, 3.63) is 30.1 Å². The zero-order valence-corrected chi connectivity index (χ0v) is 16.2. The second kappa shape index (κ2) is 8.11. The average Bonchev–Trinajstić information content (AvgIpc) is 2.91.